The molecule has 110 valence electrons. The average molecular weight is 288 g/mol. The summed E-state index contributed by atoms with van der Waals surface area (Å²) < 4.78 is 9.46. The second-order valence-electron chi connectivity index (χ2n) is 3.81. The lowest BCUT2D eigenvalue weighted by Crippen LogP contribution is -2.16. The first-order chi connectivity index (χ1) is 10.2. The molecule has 0 aromatic carbocycles. The molecule has 0 N–H and O–H groups in total. The summed E-state index contributed by atoms with van der Waals surface area (Å²) in [4.78, 5) is 10.8. The maximum Gasteiger partial charge on any atom is 0.619 e. The highest BCUT2D eigenvalue weighted by Crippen LogP contribution is 2.12. The van der Waals surface area contributed by atoms with E-state index in [0.29, 0.717) is 12.1 Å². The lowest BCUT2D eigenvalue weighted by Gasteiger charge is -2.18. The van der Waals surface area contributed by atoms with Crippen LogP contribution in [0.4, 0.5) is 0 Å². The second kappa shape index (κ2) is 9.23. The van der Waals surface area contributed by atoms with E-state index in [4.69, 9.17) is 4.74 Å². The molecule has 0 fully saturated rings. The van der Waals surface area contributed by atoms with Crippen molar-refractivity contribution in [1.29, 1.82) is 0 Å². The van der Waals surface area contributed by atoms with Gasteiger partial charge in [-0.25, -0.2) is 0 Å². The monoisotopic (exact) mass is 288 g/mol. The average Bonchev–Trinajstić information content (AvgIpc) is 2.51. The van der Waals surface area contributed by atoms with Crippen molar-refractivity contribution in [2.24, 2.45) is 10.2 Å². The van der Waals surface area contributed by atoms with Gasteiger partial charge in [-0.05, 0) is 26.0 Å². The Balaban J connectivity index is 2.79. The molecule has 0 heterocycles. The van der Waals surface area contributed by atoms with Crippen LogP contribution in [0.25, 0.3) is 0 Å². The van der Waals surface area contributed by atoms with Crippen molar-refractivity contribution in [3.63, 3.8) is 0 Å². The number of nitrogens with zero attached hydrogens (tertiary/aromatic N) is 2. The third kappa shape index (κ3) is 5.84. The Labute approximate surface area is 123 Å². The second-order valence-corrected chi connectivity index (χ2v) is 3.81. The molecule has 0 aliphatic heterocycles. The van der Waals surface area contributed by atoms with Gasteiger partial charge in [0.25, 0.3) is 0 Å². The first-order valence-electron chi connectivity index (χ1n) is 6.31. The van der Waals surface area contributed by atoms with E-state index in [0.717, 1.165) is 0 Å². The topological polar surface area (TPSA) is 83.3 Å². The predicted molar refractivity (Wildman–Crippen MR) is 77.6 cm³/mol. The summed E-state index contributed by atoms with van der Waals surface area (Å²) in [6, 6.07) is 0. The van der Waals surface area contributed by atoms with Crippen molar-refractivity contribution in [2.75, 3.05) is 13.7 Å². The zero-order chi connectivity index (χ0) is 15.5. The van der Waals surface area contributed by atoms with E-state index in [1.54, 1.807) is 24.3 Å². The molecule has 6 heteroatoms. The van der Waals surface area contributed by atoms with Gasteiger partial charge >= 0.3 is 12.2 Å². The molecular formula is C15H16N2O4. The van der Waals surface area contributed by atoms with E-state index in [2.05, 4.69) is 14.9 Å². The third-order valence-electron chi connectivity index (χ3n) is 2.36. The highest BCUT2D eigenvalue weighted by molar-refractivity contribution is 6.23. The van der Waals surface area contributed by atoms with Crippen LogP contribution in [0.15, 0.2) is 58.2 Å². The molecule has 0 bridgehead atoms. The molecule has 21 heavy (non-hydrogen) atoms. The highest BCUT2D eigenvalue weighted by Gasteiger charge is 2.14. The number of rotatable bonds is 6. The van der Waals surface area contributed by atoms with Gasteiger partial charge in [0.05, 0.1) is 18.8 Å². The largest absolute Gasteiger partial charge is 0.619 e. The minimum atomic E-state index is -0.745. The number of methoxy groups -OCH3 is 1. The molecule has 0 aromatic rings. The van der Waals surface area contributed by atoms with E-state index < -0.39 is 11.9 Å². The van der Waals surface area contributed by atoms with Gasteiger partial charge in [0.2, 0.25) is 0 Å². The van der Waals surface area contributed by atoms with Gasteiger partial charge in [0.15, 0.2) is 0 Å². The zero-order valence-corrected chi connectivity index (χ0v) is 11.9. The van der Waals surface area contributed by atoms with Crippen LogP contribution in [0.2, 0.25) is 0 Å². The van der Waals surface area contributed by atoms with Gasteiger partial charge in [-0.15, -0.1) is 0 Å². The summed E-state index contributed by atoms with van der Waals surface area (Å²) in [5.74, 6) is -1.24. The summed E-state index contributed by atoms with van der Waals surface area (Å²) in [5.41, 5.74) is 0.568. The normalized spacial score (nSPS) is 18.3. The van der Waals surface area contributed by atoms with E-state index in [1.165, 1.54) is 7.11 Å². The summed E-state index contributed by atoms with van der Waals surface area (Å²) in [6.45, 7) is 2.18. The number of ether oxygens (including phenoxy) is 2. The molecule has 0 aromatic heterocycles. The van der Waals surface area contributed by atoms with E-state index in [-0.39, 0.29) is 12.2 Å². The molecule has 0 unspecified atom stereocenters. The number of carbonyl (C=O) groups is 1. The van der Waals surface area contributed by atoms with Gasteiger partial charge in [-0.2, -0.15) is 4.79 Å². The maximum atomic E-state index is 11.9. The van der Waals surface area contributed by atoms with Gasteiger partial charge < -0.3 is 14.6 Å². The highest BCUT2D eigenvalue weighted by atomic mass is 16.6. The lowest BCUT2D eigenvalue weighted by atomic mass is 10.1. The molecule has 6 nitrogen and oxygen atoms in total. The Morgan fingerprint density at radius 1 is 1.43 bits per heavy atom. The van der Waals surface area contributed by atoms with Gasteiger partial charge in [0, 0.05) is 5.57 Å². The molecule has 0 radical (unpaired) electrons. The smallest absolute Gasteiger partial charge is 0.612 e. The Hall–Kier alpha value is -2.72. The number of carbonyl (C=O) groups excluding carboxylic acids is 1. The standard InChI is InChI=1S/C15H16N2O4/c1-3-4-7-10-21-15(19)12-8-5-6-9-13(12)17-16-11-14(18)20-2/h3-6,8-9H,7,10H2,1-2H3/b4-3-. The van der Waals surface area contributed by atoms with Crippen molar-refractivity contribution in [3.05, 3.63) is 48.0 Å². The maximum absolute atomic E-state index is 11.9. The SMILES string of the molecule is C/C=C\CCO/C([O-])=C1/C=CC=C/C1=N\N=[C+]C(=O)OC. The van der Waals surface area contributed by atoms with Crippen LogP contribution in [0.1, 0.15) is 13.3 Å². The summed E-state index contributed by atoms with van der Waals surface area (Å²) in [7, 11) is 1.21. The first-order valence-corrected chi connectivity index (χ1v) is 6.31. The fraction of sp³-hybridized carbons (Fsp3) is 0.267. The van der Waals surface area contributed by atoms with Crippen LogP contribution >= 0.6 is 0 Å². The van der Waals surface area contributed by atoms with E-state index >= 15 is 0 Å². The van der Waals surface area contributed by atoms with E-state index in [9.17, 15) is 9.90 Å². The Bertz CT molecular complexity index is 540. The van der Waals surface area contributed by atoms with Crippen molar-refractivity contribution in [1.82, 2.24) is 0 Å². The van der Waals surface area contributed by atoms with Crippen LogP contribution in [0.3, 0.4) is 0 Å². The lowest BCUT2D eigenvalue weighted by molar-refractivity contribution is -0.357. The van der Waals surface area contributed by atoms with Crippen molar-refractivity contribution in [2.45, 2.75) is 13.3 Å². The van der Waals surface area contributed by atoms with Crippen LogP contribution in [0.5, 0.6) is 0 Å². The quantitative estimate of drug-likeness (QED) is 0.140. The molecule has 1 aliphatic carbocycles. The number of esters is 1. The Morgan fingerprint density at radius 3 is 2.90 bits per heavy atom. The van der Waals surface area contributed by atoms with Crippen molar-refractivity contribution < 1.29 is 19.4 Å². The zero-order valence-electron chi connectivity index (χ0n) is 11.9. The molecule has 0 saturated carbocycles. The minimum absolute atomic E-state index is 0.272. The molecular weight excluding hydrogens is 272 g/mol. The molecule has 0 saturated heterocycles. The summed E-state index contributed by atoms with van der Waals surface area (Å²) in [5, 5.41) is 19.1. The molecule has 1 aliphatic rings. The van der Waals surface area contributed by atoms with Crippen LogP contribution in [-0.4, -0.2) is 31.6 Å². The molecule has 0 atom stereocenters. The fourth-order valence-electron chi connectivity index (χ4n) is 1.36. The fourth-order valence-corrected chi connectivity index (χ4v) is 1.36. The third-order valence-corrected chi connectivity index (χ3v) is 2.36. The summed E-state index contributed by atoms with van der Waals surface area (Å²) in [6.07, 6.45) is 13.0. The molecule has 0 spiro atoms. The Morgan fingerprint density at radius 2 is 2.19 bits per heavy atom. The van der Waals surface area contributed by atoms with Crippen LogP contribution in [-0.2, 0) is 14.3 Å². The van der Waals surface area contributed by atoms with E-state index in [1.807, 2.05) is 25.3 Å². The molecule has 0 amide bonds. The van der Waals surface area contributed by atoms with Crippen molar-refractivity contribution in [3.8, 4) is 0 Å². The Kier molecular flexibility index (Phi) is 7.18. The molecule has 1 rings (SSSR count). The minimum Gasteiger partial charge on any atom is -0.612 e. The van der Waals surface area contributed by atoms with Crippen LogP contribution in [0, 0.1) is 0 Å². The van der Waals surface area contributed by atoms with Gasteiger partial charge in [-0.3, -0.25) is 0 Å². The van der Waals surface area contributed by atoms with Crippen LogP contribution < -0.4 is 5.11 Å². The number of hydrogen-bond donors (Lipinski definition) is 0. The summed E-state index contributed by atoms with van der Waals surface area (Å²) >= 11 is 0. The van der Waals surface area contributed by atoms with Gasteiger partial charge in [0.1, 0.15) is 5.10 Å². The van der Waals surface area contributed by atoms with Gasteiger partial charge in [-0.1, -0.05) is 35.5 Å². The van der Waals surface area contributed by atoms with Crippen molar-refractivity contribution >= 4 is 17.9 Å². The predicted octanol–water partition coefficient (Wildman–Crippen LogP) is 1.14. The number of allylic oxidation sites excluding steroid dienone is 6. The first kappa shape index (κ1) is 16.3. The number of hydrogen-bond acceptors (Lipinski definition) is 6.